The highest BCUT2D eigenvalue weighted by Crippen LogP contribution is 2.65. The molecule has 1 saturated heterocycles. The number of phosphoric ester groups is 1. The van der Waals surface area contributed by atoms with Crippen LogP contribution in [0.3, 0.4) is 0 Å². The predicted molar refractivity (Wildman–Crippen MR) is 312 cm³/mol. The van der Waals surface area contributed by atoms with Crippen molar-refractivity contribution in [1.29, 1.82) is 0 Å². The van der Waals surface area contributed by atoms with E-state index < -0.39 is 66.0 Å². The maximum absolute atomic E-state index is 15.1. The molecule has 7 N–H and O–H groups in total. The van der Waals surface area contributed by atoms with E-state index in [9.17, 15) is 43.1 Å². The molecule has 3 aromatic carbocycles. The monoisotopic (exact) mass is 1280 g/mol. The minimum absolute atomic E-state index is 0.00231. The fourth-order valence-electron chi connectivity index (χ4n) is 11.0. The Labute approximate surface area is 497 Å². The maximum Gasteiger partial charge on any atom is 0.487 e. The summed E-state index contributed by atoms with van der Waals surface area (Å²) in [6.07, 6.45) is 1.21. The molecule has 446 valence electrons. The fraction of sp³-hybridized carbons (Fsp3) is 0.415. The molecule has 23 nitrogen and oxygen atoms in total. The number of likely N-dealkylation sites (N-methyl/N-ethyl adjacent to an activating group) is 2. The molecule has 0 saturated carbocycles. The topological polar surface area (TPSA) is 318 Å². The highest BCUT2D eigenvalue weighted by molar-refractivity contribution is 7.66. The van der Waals surface area contributed by atoms with Gasteiger partial charge in [-0.25, -0.2) is 22.8 Å². The summed E-state index contributed by atoms with van der Waals surface area (Å²) in [6.45, 7) is 17.3. The van der Waals surface area contributed by atoms with Gasteiger partial charge in [0.1, 0.15) is 36.2 Å². The molecule has 2 amide bonds. The molecule has 83 heavy (non-hydrogen) atoms. The van der Waals surface area contributed by atoms with Crippen LogP contribution in [-0.4, -0.2) is 109 Å². The number of nitrogen functional groups attached to an aromatic ring is 1. The lowest BCUT2D eigenvalue weighted by atomic mass is 9.83. The van der Waals surface area contributed by atoms with Gasteiger partial charge in [-0.05, 0) is 77.3 Å². The molecule has 0 spiro atoms. The van der Waals surface area contributed by atoms with Crippen molar-refractivity contribution < 1.29 is 70.6 Å². The Morgan fingerprint density at radius 2 is 1.63 bits per heavy atom. The van der Waals surface area contributed by atoms with Crippen LogP contribution in [0.25, 0.3) is 16.7 Å². The third-order valence-corrected chi connectivity index (χ3v) is 20.0. The Bertz CT molecular complexity index is 3880. The number of halogens is 4. The molecule has 4 aliphatic rings. The summed E-state index contributed by atoms with van der Waals surface area (Å²) in [7, 11) is -15.8. The van der Waals surface area contributed by atoms with Gasteiger partial charge in [-0.1, -0.05) is 64.3 Å². The first-order valence-electron chi connectivity index (χ1n) is 25.8. The molecule has 0 aliphatic carbocycles. The highest BCUT2D eigenvalue weighted by atomic mass is 35.5. The lowest BCUT2D eigenvalue weighted by Crippen LogP contribution is -2.49. The predicted octanol–water partition coefficient (Wildman–Crippen LogP) is 6.90. The van der Waals surface area contributed by atoms with Crippen LogP contribution in [0.2, 0.25) is 20.1 Å². The van der Waals surface area contributed by atoms with E-state index in [2.05, 4.69) is 124 Å². The van der Waals surface area contributed by atoms with Gasteiger partial charge in [0, 0.05) is 97.8 Å². The molecule has 1 aromatic heterocycles. The second-order valence-electron chi connectivity index (χ2n) is 21.1. The van der Waals surface area contributed by atoms with Gasteiger partial charge in [0.05, 0.1) is 62.1 Å². The number of carbonyl (C=O) groups excluding carboxylic acids is 2. The first-order chi connectivity index (χ1) is 38.6. The summed E-state index contributed by atoms with van der Waals surface area (Å²) in [5.41, 5.74) is 10.8. The number of carbonyl (C=O) groups is 2. The number of nitrogens with two attached hydrogens (primary N) is 1. The Kier molecular flexibility index (Phi) is 18.6. The van der Waals surface area contributed by atoms with Crippen LogP contribution in [0.4, 0.5) is 11.5 Å². The molecular formula is C53H60Cl4N7O16P3. The van der Waals surface area contributed by atoms with Crippen molar-refractivity contribution in [3.8, 4) is 23.3 Å². The number of benzene rings is 3. The molecule has 0 radical (unpaired) electrons. The van der Waals surface area contributed by atoms with Gasteiger partial charge < -0.3 is 55.0 Å². The van der Waals surface area contributed by atoms with Crippen molar-refractivity contribution in [1.82, 2.24) is 24.3 Å². The van der Waals surface area contributed by atoms with E-state index in [1.807, 2.05) is 12.1 Å². The number of nitrogens with one attached hydrogen (secondary N) is 1. The number of amides is 2. The Balaban J connectivity index is 1.01. The molecule has 30 heteroatoms. The van der Waals surface area contributed by atoms with Gasteiger partial charge in [0.15, 0.2) is 5.54 Å². The summed E-state index contributed by atoms with van der Waals surface area (Å²) in [4.78, 5) is 87.1. The smallest absolute Gasteiger partial charge is 0.487 e. The van der Waals surface area contributed by atoms with Crippen LogP contribution < -0.4 is 46.4 Å². The average Bonchev–Trinajstić information content (AvgIpc) is 2.41. The van der Waals surface area contributed by atoms with Gasteiger partial charge in [0.2, 0.25) is 11.3 Å². The molecule has 1 fully saturated rings. The van der Waals surface area contributed by atoms with Crippen molar-refractivity contribution in [2.45, 2.75) is 104 Å². The number of fused-ring (bicyclic) bond motifs is 4. The zero-order valence-electron chi connectivity index (χ0n) is 46.3. The number of aromatic nitrogens is 2. The normalized spacial score (nSPS) is 20.6. The molecule has 8 rings (SSSR count). The van der Waals surface area contributed by atoms with Crippen LogP contribution in [0.5, 0.6) is 11.5 Å². The minimum atomic E-state index is -5.89. The van der Waals surface area contributed by atoms with Crippen molar-refractivity contribution in [3.05, 3.63) is 117 Å². The Hall–Kier alpha value is -4.92. The number of rotatable bonds is 17. The number of hydrogen-bond acceptors (Lipinski definition) is 16. The first kappa shape index (κ1) is 64.1. The minimum Gasteiger partial charge on any atom is -0.756 e. The van der Waals surface area contributed by atoms with Crippen molar-refractivity contribution >= 4 is 110 Å². The number of nitrogens with zero attached hydrogens (tertiary/aromatic N) is 5. The van der Waals surface area contributed by atoms with Crippen LogP contribution >= 0.6 is 69.9 Å². The number of phosphoric acid groups is 3. The van der Waals surface area contributed by atoms with E-state index in [0.29, 0.717) is 40.9 Å². The third-order valence-electron chi connectivity index (χ3n) is 14.4. The molecule has 4 aliphatic heterocycles. The van der Waals surface area contributed by atoms with E-state index in [1.165, 1.54) is 4.90 Å². The maximum atomic E-state index is 15.1. The van der Waals surface area contributed by atoms with Gasteiger partial charge in [-0.2, -0.15) is 9.29 Å². The van der Waals surface area contributed by atoms with Crippen molar-refractivity contribution in [2.75, 3.05) is 50.5 Å². The SMILES string of the molecule is CCN1c2cc3c(cc2C(C)=CC1(C)C)C(c1c(Cl)c(Cl)c(Cl)c(Cl)c1C(=O)N(C)CCCC(=O)NCC#Cc1cn([C@H]2C[C@H](O)[C@@H](COP(=O)(O)OP(=O)(O)OP(=O)([O-])O)O2)c(=O)nc1N)=c1cc2c(cc1O3)=[N+](CC)C(C)(C)C=C2C. The number of allylic oxidation sites excluding steroid dienone is 2. The molecular weight excluding hydrogens is 1230 g/mol. The van der Waals surface area contributed by atoms with Crippen LogP contribution in [-0.2, 0) is 36.4 Å². The second kappa shape index (κ2) is 24.1. The summed E-state index contributed by atoms with van der Waals surface area (Å²) >= 11 is 28.3. The quantitative estimate of drug-likeness (QED) is 0.0181. The summed E-state index contributed by atoms with van der Waals surface area (Å²) in [6, 6.07) is 8.18. The van der Waals surface area contributed by atoms with E-state index >= 15 is 4.79 Å². The lowest BCUT2D eigenvalue weighted by molar-refractivity contribution is -0.212. The Morgan fingerprint density at radius 3 is 2.29 bits per heavy atom. The van der Waals surface area contributed by atoms with Gasteiger partial charge in [0.25, 0.3) is 13.7 Å². The zero-order chi connectivity index (χ0) is 61.2. The van der Waals surface area contributed by atoms with E-state index in [0.717, 1.165) is 44.1 Å². The highest BCUT2D eigenvalue weighted by Gasteiger charge is 2.43. The number of hydrogen-bond donors (Lipinski definition) is 6. The molecule has 3 unspecified atom stereocenters. The Morgan fingerprint density at radius 1 is 0.952 bits per heavy atom. The number of anilines is 2. The zero-order valence-corrected chi connectivity index (χ0v) is 52.0. The average molecular weight is 1290 g/mol. The first-order valence-corrected chi connectivity index (χ1v) is 31.8. The lowest BCUT2D eigenvalue weighted by Gasteiger charge is -2.43. The van der Waals surface area contributed by atoms with Crippen molar-refractivity contribution in [3.63, 3.8) is 0 Å². The van der Waals surface area contributed by atoms with Gasteiger partial charge in [-0.3, -0.25) is 23.2 Å². The number of aliphatic hydroxyl groups is 1. The largest absolute Gasteiger partial charge is 0.756 e. The standard InChI is InChI=1S/C53H60Cl4N7O16P3/c1-10-63-34-20-37-32(18-30(34)27(3)23-52(63,5)6)42(33-19-31-28(4)24-53(7,8)64(11-2)35(31)21-38(33)77-37)43-44(46(55)48(57)47(56)45(43)54)50(67)61(9)17-13-15-40(66)59-16-12-14-29-25-62(51(68)60-49(29)58)41-22-36(65)39(78-41)26-76-82(72,73)80-83(74,75)79-81(69,70)71/h18-21,23-25,36,39,41,65H,10-11,13,15-17,22,26H2,1-9H3,(H6-,58,59,60,66,68,69,70,71,72,73,74,75)/t36-,39+,41+/m0/s1. The number of ether oxygens (including phenoxy) is 2. The van der Waals surface area contributed by atoms with Crippen LogP contribution in [0, 0.1) is 11.8 Å². The van der Waals surface area contributed by atoms with E-state index in [4.69, 9.17) is 66.5 Å². The summed E-state index contributed by atoms with van der Waals surface area (Å²) in [5.74, 6) is 5.21. The molecule has 0 bridgehead atoms. The van der Waals surface area contributed by atoms with Crippen molar-refractivity contribution in [2.24, 2.45) is 0 Å². The van der Waals surface area contributed by atoms with E-state index in [-0.39, 0.29) is 86.0 Å². The van der Waals surface area contributed by atoms with E-state index in [1.54, 1.807) is 7.05 Å². The molecule has 4 aromatic rings. The number of aliphatic hydroxyl groups excluding tert-OH is 1. The summed E-state index contributed by atoms with van der Waals surface area (Å²) < 4.78 is 62.2. The summed E-state index contributed by atoms with van der Waals surface area (Å²) in [5, 5.41) is 14.6. The molecule has 6 atom stereocenters. The third kappa shape index (κ3) is 13.4. The van der Waals surface area contributed by atoms with Crippen LogP contribution in [0.15, 0.2) is 47.4 Å². The van der Waals surface area contributed by atoms with Crippen LogP contribution in [0.1, 0.15) is 119 Å². The van der Waals surface area contributed by atoms with Gasteiger partial charge >= 0.3 is 21.3 Å². The molecule has 5 heterocycles. The van der Waals surface area contributed by atoms with Gasteiger partial charge in [-0.15, -0.1) is 0 Å². The second-order valence-corrected chi connectivity index (χ2v) is 27.0. The fourth-order valence-corrected chi connectivity index (χ4v) is 15.0.